The molecule has 0 amide bonds. The number of hydrogen-bond donors (Lipinski definition) is 3. The molecule has 36 heavy (non-hydrogen) atoms. The lowest BCUT2D eigenvalue weighted by atomic mass is 10.1. The zero-order valence-corrected chi connectivity index (χ0v) is 23.5. The largest absolute Gasteiger partial charge is 0.613 e. The van der Waals surface area contributed by atoms with E-state index >= 15 is 0 Å². The second-order valence-electron chi connectivity index (χ2n) is 8.74. The number of alkyl halides is 2. The van der Waals surface area contributed by atoms with Crippen LogP contribution in [0.1, 0.15) is 40.8 Å². The predicted octanol–water partition coefficient (Wildman–Crippen LogP) is 1.26. The second-order valence-corrected chi connectivity index (χ2v) is 12.2. The van der Waals surface area contributed by atoms with Crippen LogP contribution < -0.4 is 22.1 Å². The van der Waals surface area contributed by atoms with E-state index in [1.807, 2.05) is 0 Å². The van der Waals surface area contributed by atoms with Crippen LogP contribution in [0.2, 0.25) is 0 Å². The number of nitrogens with zero attached hydrogens (tertiary/aromatic N) is 1. The SMILES string of the molecule is CC(C)OC(=O)[C@@H](C)N[P+](=O)OC[C@H]1O[C@@H](n2ccc(=O)[nH]c2=O)[C@](Cl)(Br)[C@@H]1OC(=O)C(N)C(C)C. The lowest BCUT2D eigenvalue weighted by molar-refractivity contribution is -0.155. The third-order valence-corrected chi connectivity index (χ3v) is 7.27. The Bertz CT molecular complexity index is 1080. The number of hydrogen-bond acceptors (Lipinski definition) is 10. The molecule has 0 spiro atoms. The number of ether oxygens (including phenoxy) is 3. The van der Waals surface area contributed by atoms with Crippen LogP contribution in [0.4, 0.5) is 0 Å². The fourth-order valence-corrected chi connectivity index (χ4v) is 4.90. The van der Waals surface area contributed by atoms with Crippen molar-refractivity contribution in [3.8, 4) is 0 Å². The Morgan fingerprint density at radius 3 is 2.50 bits per heavy atom. The normalized spacial score (nSPS) is 26.1. The van der Waals surface area contributed by atoms with Crippen molar-refractivity contribution in [2.24, 2.45) is 11.7 Å². The van der Waals surface area contributed by atoms with E-state index in [9.17, 15) is 23.7 Å². The number of aromatic amines is 1. The molecule has 13 nitrogen and oxygen atoms in total. The van der Waals surface area contributed by atoms with Gasteiger partial charge in [0.15, 0.2) is 16.1 Å². The maximum absolute atomic E-state index is 12.6. The first-order chi connectivity index (χ1) is 16.6. The number of esters is 2. The topological polar surface area (TPSA) is 181 Å². The third kappa shape index (κ3) is 7.67. The second kappa shape index (κ2) is 12.7. The fraction of sp³-hybridized carbons (Fsp3) is 0.700. The van der Waals surface area contributed by atoms with Gasteiger partial charge < -0.3 is 19.9 Å². The molecule has 2 rings (SSSR count). The van der Waals surface area contributed by atoms with Crippen LogP contribution in [0.3, 0.4) is 0 Å². The number of carbonyl (C=O) groups excluding carboxylic acids is 2. The molecule has 2 unspecified atom stereocenters. The van der Waals surface area contributed by atoms with Crippen LogP contribution in [0.25, 0.3) is 0 Å². The summed E-state index contributed by atoms with van der Waals surface area (Å²) >= 11 is 9.95. The van der Waals surface area contributed by atoms with Gasteiger partial charge in [-0.2, -0.15) is 0 Å². The van der Waals surface area contributed by atoms with Gasteiger partial charge in [0.2, 0.25) is 0 Å². The molecule has 2 heterocycles. The highest BCUT2D eigenvalue weighted by molar-refractivity contribution is 9.10. The number of halogens is 2. The van der Waals surface area contributed by atoms with E-state index in [1.165, 1.54) is 6.92 Å². The molecule has 0 bridgehead atoms. The van der Waals surface area contributed by atoms with Gasteiger partial charge in [-0.25, -0.2) is 4.79 Å². The molecule has 1 fully saturated rings. The van der Waals surface area contributed by atoms with E-state index in [0.717, 1.165) is 16.8 Å². The van der Waals surface area contributed by atoms with Gasteiger partial charge in [-0.05, 0) is 31.3 Å². The Labute approximate surface area is 221 Å². The lowest BCUT2D eigenvalue weighted by Gasteiger charge is -2.28. The van der Waals surface area contributed by atoms with Crippen molar-refractivity contribution in [1.82, 2.24) is 14.6 Å². The molecule has 0 aromatic carbocycles. The molecule has 1 aromatic rings. The molecule has 4 N–H and O–H groups in total. The minimum Gasteiger partial charge on any atom is -0.462 e. The average Bonchev–Trinajstić information content (AvgIpc) is 3.00. The molecule has 202 valence electrons. The van der Waals surface area contributed by atoms with E-state index in [2.05, 4.69) is 26.0 Å². The Morgan fingerprint density at radius 2 is 1.94 bits per heavy atom. The number of carbonyl (C=O) groups is 2. The number of aromatic nitrogens is 2. The molecule has 0 aliphatic carbocycles. The summed E-state index contributed by atoms with van der Waals surface area (Å²) in [4.78, 5) is 50.5. The fourth-order valence-electron chi connectivity index (χ4n) is 3.06. The van der Waals surface area contributed by atoms with Crippen LogP contribution in [0, 0.1) is 5.92 Å². The molecular weight excluding hydrogens is 587 g/mol. The summed E-state index contributed by atoms with van der Waals surface area (Å²) in [5.41, 5.74) is 4.44. The van der Waals surface area contributed by atoms with Crippen molar-refractivity contribution in [2.45, 2.75) is 75.0 Å². The minimum atomic E-state index is -2.59. The number of rotatable bonds is 11. The van der Waals surface area contributed by atoms with Crippen LogP contribution in [-0.2, 0) is 32.9 Å². The lowest BCUT2D eigenvalue weighted by Crippen LogP contribution is -2.47. The Morgan fingerprint density at radius 1 is 1.31 bits per heavy atom. The smallest absolute Gasteiger partial charge is 0.462 e. The molecule has 1 aliphatic rings. The highest BCUT2D eigenvalue weighted by Gasteiger charge is 2.59. The van der Waals surface area contributed by atoms with Crippen LogP contribution in [0.5, 0.6) is 0 Å². The van der Waals surface area contributed by atoms with Gasteiger partial charge in [0.25, 0.3) is 5.56 Å². The number of nitrogens with one attached hydrogen (secondary N) is 2. The summed E-state index contributed by atoms with van der Waals surface area (Å²) in [5.74, 6) is -1.66. The molecule has 1 aliphatic heterocycles. The highest BCUT2D eigenvalue weighted by Crippen LogP contribution is 2.49. The third-order valence-electron chi connectivity index (χ3n) is 5.05. The monoisotopic (exact) mass is 615 g/mol. The summed E-state index contributed by atoms with van der Waals surface area (Å²) in [6.45, 7) is 7.83. The summed E-state index contributed by atoms with van der Waals surface area (Å²) in [7, 11) is -2.59. The standard InChI is InChI=1S/C20H29BrClN4O9P/c1-9(2)14(23)17(29)35-15-12(8-32-36(31)25-11(5)16(28)33-10(3)4)34-18(20(15,21)22)26-7-6-13(27)24-19(26)30/h6-7,9-12,14-15,18H,8,23H2,1-5H3,(H-,24,25,27,30,31)/p+1/t11-,12-,14?,15-,18-,20+/m1/s1. The van der Waals surface area contributed by atoms with Crippen molar-refractivity contribution in [1.29, 1.82) is 0 Å². The van der Waals surface area contributed by atoms with Gasteiger partial charge in [0.05, 0.1) is 6.10 Å². The first kappa shape index (κ1) is 30.6. The highest BCUT2D eigenvalue weighted by atomic mass is 79.9. The molecule has 16 heteroatoms. The van der Waals surface area contributed by atoms with E-state index < -0.39 is 72.3 Å². The summed E-state index contributed by atoms with van der Waals surface area (Å²) in [6.07, 6.45) is -2.88. The number of nitrogens with two attached hydrogens (primary N) is 1. The van der Waals surface area contributed by atoms with Crippen LogP contribution in [-0.4, -0.2) is 62.3 Å². The van der Waals surface area contributed by atoms with E-state index in [1.54, 1.807) is 27.7 Å². The van der Waals surface area contributed by atoms with Gasteiger partial charge >= 0.3 is 25.8 Å². The van der Waals surface area contributed by atoms with Gasteiger partial charge in [-0.1, -0.05) is 46.5 Å². The van der Waals surface area contributed by atoms with E-state index in [0.29, 0.717) is 0 Å². The Balaban J connectivity index is 2.23. The number of H-pyrrole nitrogens is 1. The first-order valence-corrected chi connectivity index (χ1v) is 13.4. The molecule has 0 saturated carbocycles. The first-order valence-electron chi connectivity index (χ1n) is 11.0. The quantitative estimate of drug-likeness (QED) is 0.185. The Kier molecular flexibility index (Phi) is 10.8. The minimum absolute atomic E-state index is 0.252. The van der Waals surface area contributed by atoms with E-state index in [-0.39, 0.29) is 12.0 Å². The average molecular weight is 617 g/mol. The zero-order valence-electron chi connectivity index (χ0n) is 20.3. The van der Waals surface area contributed by atoms with Gasteiger partial charge in [0, 0.05) is 12.3 Å². The maximum atomic E-state index is 12.6. The van der Waals surface area contributed by atoms with Crippen LogP contribution >= 0.6 is 35.7 Å². The van der Waals surface area contributed by atoms with Gasteiger partial charge in [-0.3, -0.25) is 23.9 Å². The van der Waals surface area contributed by atoms with Gasteiger partial charge in [0.1, 0.15) is 24.8 Å². The van der Waals surface area contributed by atoms with Crippen LogP contribution in [0.15, 0.2) is 21.9 Å². The molecule has 1 aromatic heterocycles. The van der Waals surface area contributed by atoms with Crippen molar-refractivity contribution < 1.29 is 32.9 Å². The molecular formula is C20H30BrClN4O9P+. The maximum Gasteiger partial charge on any atom is 0.613 e. The molecule has 0 radical (unpaired) electrons. The summed E-state index contributed by atoms with van der Waals surface area (Å²) in [6, 6.07) is -0.829. The predicted molar refractivity (Wildman–Crippen MR) is 133 cm³/mol. The Hall–Kier alpha value is -1.67. The van der Waals surface area contributed by atoms with Crippen molar-refractivity contribution in [3.63, 3.8) is 0 Å². The molecule has 1 saturated heterocycles. The summed E-state index contributed by atoms with van der Waals surface area (Å²) in [5, 5.41) is 2.47. The van der Waals surface area contributed by atoms with E-state index in [4.69, 9.17) is 36.1 Å². The molecule has 7 atom stereocenters. The van der Waals surface area contributed by atoms with Crippen molar-refractivity contribution >= 4 is 47.6 Å². The van der Waals surface area contributed by atoms with Crippen molar-refractivity contribution in [3.05, 3.63) is 33.1 Å². The van der Waals surface area contributed by atoms with Crippen molar-refractivity contribution in [2.75, 3.05) is 6.61 Å². The van der Waals surface area contributed by atoms with Gasteiger partial charge in [-0.15, -0.1) is 4.52 Å². The summed E-state index contributed by atoms with van der Waals surface area (Å²) < 4.78 is 33.5. The zero-order chi connectivity index (χ0) is 27.4.